The zero-order chi connectivity index (χ0) is 6.41. The molecule has 0 unspecified atom stereocenters. The largest absolute Gasteiger partial charge is 0.386 e. The molecule has 0 aliphatic heterocycles. The Morgan fingerprint density at radius 2 is 2.38 bits per heavy atom. The third-order valence-electron chi connectivity index (χ3n) is 0.810. The summed E-state index contributed by atoms with van der Waals surface area (Å²) in [4.78, 5) is 0. The molecule has 0 spiro atoms. The zero-order valence-electron chi connectivity index (χ0n) is 5.17. The van der Waals surface area contributed by atoms with Gasteiger partial charge < -0.3 is 5.11 Å². The molecule has 0 saturated carbocycles. The van der Waals surface area contributed by atoms with Crippen LogP contribution < -0.4 is 0 Å². The Bertz CT molecular complexity index is 96.7. The lowest BCUT2D eigenvalue weighted by Gasteiger charge is -1.86. The lowest BCUT2D eigenvalue weighted by atomic mass is 10.6. The Morgan fingerprint density at radius 3 is 2.75 bits per heavy atom. The second-order valence-electron chi connectivity index (χ2n) is 1.59. The average molecular weight is 114 g/mol. The minimum Gasteiger partial charge on any atom is -0.386 e. The summed E-state index contributed by atoms with van der Waals surface area (Å²) in [5.74, 6) is 0. The first-order valence-corrected chi connectivity index (χ1v) is 2.56. The molecule has 0 heterocycles. The predicted molar refractivity (Wildman–Crippen MR) is 34.4 cm³/mol. The Hall–Kier alpha value is -0.630. The van der Waals surface area contributed by atoms with Gasteiger partial charge in [0, 0.05) is 0 Å². The van der Waals surface area contributed by atoms with Gasteiger partial charge in [0.1, 0.15) is 13.7 Å². The van der Waals surface area contributed by atoms with E-state index in [2.05, 4.69) is 6.58 Å². The molecular weight excluding hydrogens is 102 g/mol. The molecule has 0 aromatic carbocycles. The molecule has 46 valence electrons. The lowest BCUT2D eigenvalue weighted by molar-refractivity contribution is -0.482. The summed E-state index contributed by atoms with van der Waals surface area (Å²) in [5.41, 5.74) is 0. The normalized spacial score (nSPS) is 11.5. The van der Waals surface area contributed by atoms with E-state index in [1.54, 1.807) is 12.3 Å². The van der Waals surface area contributed by atoms with Crippen LogP contribution in [0.25, 0.3) is 0 Å². The molecule has 0 saturated heterocycles. The van der Waals surface area contributed by atoms with Gasteiger partial charge in [0.15, 0.2) is 12.8 Å². The van der Waals surface area contributed by atoms with Crippen LogP contribution in [-0.4, -0.2) is 36.1 Å². The highest BCUT2D eigenvalue weighted by Crippen LogP contribution is 1.65. The van der Waals surface area contributed by atoms with Crippen molar-refractivity contribution in [3.8, 4) is 0 Å². The van der Waals surface area contributed by atoms with Crippen molar-refractivity contribution in [2.75, 3.05) is 20.2 Å². The Labute approximate surface area is 49.8 Å². The number of hydrogen-bond donors (Lipinski definition) is 1. The second-order valence-corrected chi connectivity index (χ2v) is 1.59. The van der Waals surface area contributed by atoms with Gasteiger partial charge in [-0.1, -0.05) is 6.58 Å². The summed E-state index contributed by atoms with van der Waals surface area (Å²) in [6.07, 6.45) is 3.48. The molecule has 0 atom stereocenters. The smallest absolute Gasteiger partial charge is 0.165 e. The topological polar surface area (TPSA) is 23.2 Å². The van der Waals surface area contributed by atoms with E-state index in [0.29, 0.717) is 0 Å². The van der Waals surface area contributed by atoms with Crippen molar-refractivity contribution in [3.63, 3.8) is 0 Å². The van der Waals surface area contributed by atoms with Crippen LogP contribution in [0.1, 0.15) is 0 Å². The van der Waals surface area contributed by atoms with Crippen molar-refractivity contribution >= 4 is 6.21 Å². The van der Waals surface area contributed by atoms with Crippen LogP contribution in [0.3, 0.4) is 0 Å². The SMILES string of the molecule is C=CC[N+](C)=CCO. The van der Waals surface area contributed by atoms with Crippen LogP contribution in [0.5, 0.6) is 0 Å². The van der Waals surface area contributed by atoms with E-state index in [9.17, 15) is 0 Å². The quantitative estimate of drug-likeness (QED) is 0.308. The standard InChI is InChI=1S/C6H12NO/c1-3-4-7(2)5-6-8/h3,5,8H,1,4,6H2,2H3/q+1. The summed E-state index contributed by atoms with van der Waals surface area (Å²) < 4.78 is 1.87. The maximum Gasteiger partial charge on any atom is 0.165 e. The molecule has 1 N–H and O–H groups in total. The van der Waals surface area contributed by atoms with Gasteiger partial charge in [-0.05, 0) is 6.08 Å². The third kappa shape index (κ3) is 3.56. The summed E-state index contributed by atoms with van der Waals surface area (Å²) in [6, 6.07) is 0. The van der Waals surface area contributed by atoms with E-state index in [4.69, 9.17) is 5.11 Å². The summed E-state index contributed by atoms with van der Waals surface area (Å²) in [7, 11) is 1.89. The first kappa shape index (κ1) is 7.37. The van der Waals surface area contributed by atoms with Crippen molar-refractivity contribution in [2.24, 2.45) is 0 Å². The fraction of sp³-hybridized carbons (Fsp3) is 0.500. The second kappa shape index (κ2) is 4.53. The minimum absolute atomic E-state index is 0.102. The Morgan fingerprint density at radius 1 is 1.75 bits per heavy atom. The Kier molecular flexibility index (Phi) is 4.17. The lowest BCUT2D eigenvalue weighted by Crippen LogP contribution is -2.08. The van der Waals surface area contributed by atoms with Gasteiger partial charge >= 0.3 is 0 Å². The van der Waals surface area contributed by atoms with Crippen LogP contribution in [0.2, 0.25) is 0 Å². The molecule has 0 rings (SSSR count). The summed E-state index contributed by atoms with van der Waals surface area (Å²) in [6.45, 7) is 4.43. The van der Waals surface area contributed by atoms with Crippen LogP contribution in [-0.2, 0) is 0 Å². The molecule has 2 heteroatoms. The van der Waals surface area contributed by atoms with Gasteiger partial charge in [-0.15, -0.1) is 0 Å². The Balaban J connectivity index is 3.44. The van der Waals surface area contributed by atoms with Gasteiger partial charge in [-0.25, -0.2) is 4.58 Å². The number of aliphatic hydroxyl groups excluding tert-OH is 1. The molecule has 0 fully saturated rings. The molecule has 0 amide bonds. The zero-order valence-corrected chi connectivity index (χ0v) is 5.17. The van der Waals surface area contributed by atoms with Crippen LogP contribution in [0.15, 0.2) is 12.7 Å². The van der Waals surface area contributed by atoms with Gasteiger partial charge in [0.2, 0.25) is 0 Å². The first-order chi connectivity index (χ1) is 3.81. The van der Waals surface area contributed by atoms with Crippen molar-refractivity contribution < 1.29 is 9.68 Å². The maximum absolute atomic E-state index is 8.33. The van der Waals surface area contributed by atoms with Crippen molar-refractivity contribution in [1.29, 1.82) is 0 Å². The number of likely N-dealkylation sites (N-methyl/N-ethyl adjacent to an activating group) is 1. The highest BCUT2D eigenvalue weighted by atomic mass is 16.3. The van der Waals surface area contributed by atoms with E-state index in [-0.39, 0.29) is 6.61 Å². The van der Waals surface area contributed by atoms with E-state index < -0.39 is 0 Å². The fourth-order valence-electron chi connectivity index (χ4n) is 0.418. The summed E-state index contributed by atoms with van der Waals surface area (Å²) in [5, 5.41) is 8.33. The minimum atomic E-state index is 0.102. The maximum atomic E-state index is 8.33. The van der Waals surface area contributed by atoms with Crippen LogP contribution in [0, 0.1) is 0 Å². The van der Waals surface area contributed by atoms with E-state index in [1.165, 1.54) is 0 Å². The van der Waals surface area contributed by atoms with Crippen LogP contribution >= 0.6 is 0 Å². The highest BCUT2D eigenvalue weighted by Gasteiger charge is 1.85. The number of nitrogens with zero attached hydrogens (tertiary/aromatic N) is 1. The molecule has 0 aliphatic carbocycles. The number of aliphatic hydroxyl groups is 1. The van der Waals surface area contributed by atoms with Gasteiger partial charge in [0.05, 0.1) is 0 Å². The van der Waals surface area contributed by atoms with Gasteiger partial charge in [0.25, 0.3) is 0 Å². The van der Waals surface area contributed by atoms with Gasteiger partial charge in [-0.3, -0.25) is 0 Å². The number of hydrogen-bond acceptors (Lipinski definition) is 1. The predicted octanol–water partition coefficient (Wildman–Crippen LogP) is -0.122. The third-order valence-corrected chi connectivity index (χ3v) is 0.810. The van der Waals surface area contributed by atoms with Crippen molar-refractivity contribution in [2.45, 2.75) is 0 Å². The average Bonchev–Trinajstić information content (AvgIpc) is 1.68. The monoisotopic (exact) mass is 114 g/mol. The van der Waals surface area contributed by atoms with Crippen molar-refractivity contribution in [3.05, 3.63) is 12.7 Å². The van der Waals surface area contributed by atoms with Crippen molar-refractivity contribution in [1.82, 2.24) is 0 Å². The molecule has 2 nitrogen and oxygen atoms in total. The molecule has 0 aliphatic rings. The van der Waals surface area contributed by atoms with Gasteiger partial charge in [-0.2, -0.15) is 0 Å². The van der Waals surface area contributed by atoms with E-state index in [1.807, 2.05) is 11.6 Å². The number of rotatable bonds is 3. The molecule has 0 radical (unpaired) electrons. The van der Waals surface area contributed by atoms with E-state index in [0.717, 1.165) is 6.54 Å². The highest BCUT2D eigenvalue weighted by molar-refractivity contribution is 5.51. The summed E-state index contributed by atoms with van der Waals surface area (Å²) >= 11 is 0. The molecule has 0 bridgehead atoms. The molecule has 0 aromatic heterocycles. The molecule has 0 aromatic rings. The fourth-order valence-corrected chi connectivity index (χ4v) is 0.418. The molecular formula is C6H12NO+. The molecule has 8 heavy (non-hydrogen) atoms. The van der Waals surface area contributed by atoms with Crippen LogP contribution in [0.4, 0.5) is 0 Å². The van der Waals surface area contributed by atoms with E-state index >= 15 is 0 Å². The first-order valence-electron chi connectivity index (χ1n) is 2.56.